The number of hydrogen-bond acceptors (Lipinski definition) is 6. The predicted molar refractivity (Wildman–Crippen MR) is 108 cm³/mol. The van der Waals surface area contributed by atoms with Gasteiger partial charge in [-0.15, -0.1) is 11.3 Å². The minimum atomic E-state index is -1.03. The van der Waals surface area contributed by atoms with Crippen molar-refractivity contribution in [1.29, 1.82) is 0 Å². The maximum atomic E-state index is 12.9. The Morgan fingerprint density at radius 2 is 2.11 bits per heavy atom. The molecule has 0 spiro atoms. The molecular weight excluding hydrogens is 408 g/mol. The van der Waals surface area contributed by atoms with Crippen molar-refractivity contribution in [3.05, 3.63) is 40.9 Å². The summed E-state index contributed by atoms with van der Waals surface area (Å²) in [5.74, 6) is -0.864. The summed E-state index contributed by atoms with van der Waals surface area (Å²) >= 11 is 12.8. The van der Waals surface area contributed by atoms with E-state index in [1.807, 2.05) is 17.0 Å². The summed E-state index contributed by atoms with van der Waals surface area (Å²) in [6.07, 6.45) is -0.337. The molecule has 1 aliphatic carbocycles. The van der Waals surface area contributed by atoms with Gasteiger partial charge in [-0.1, -0.05) is 11.6 Å². The van der Waals surface area contributed by atoms with Crippen LogP contribution in [0.1, 0.15) is 6.42 Å². The number of anilines is 2. The first-order valence-electron chi connectivity index (χ1n) is 8.37. The van der Waals surface area contributed by atoms with E-state index in [0.29, 0.717) is 15.3 Å². The van der Waals surface area contributed by atoms with Gasteiger partial charge in [0, 0.05) is 22.3 Å². The van der Waals surface area contributed by atoms with Gasteiger partial charge >= 0.3 is 0 Å². The van der Waals surface area contributed by atoms with E-state index in [1.165, 1.54) is 11.3 Å². The molecule has 142 valence electrons. The minimum Gasteiger partial charge on any atom is -0.390 e. The number of carbonyl (C=O) groups excluding carboxylic acids is 1. The Kier molecular flexibility index (Phi) is 5.04. The molecule has 27 heavy (non-hydrogen) atoms. The van der Waals surface area contributed by atoms with Crippen molar-refractivity contribution in [2.24, 2.45) is 5.92 Å². The van der Waals surface area contributed by atoms with E-state index in [2.05, 4.69) is 15.6 Å². The number of aliphatic hydroxyl groups excluding tert-OH is 2. The molecule has 0 unspecified atom stereocenters. The lowest BCUT2D eigenvalue weighted by atomic mass is 9.77. The lowest BCUT2D eigenvalue weighted by Crippen LogP contribution is -2.60. The molecule has 2 heterocycles. The van der Waals surface area contributed by atoms with Crippen molar-refractivity contribution in [2.45, 2.75) is 30.7 Å². The number of amides is 1. The van der Waals surface area contributed by atoms with Gasteiger partial charge in [-0.2, -0.15) is 0 Å². The number of nitrogens with one attached hydrogen (secondary N) is 2. The molecule has 1 aromatic heterocycles. The second kappa shape index (κ2) is 7.33. The summed E-state index contributed by atoms with van der Waals surface area (Å²) < 4.78 is 0. The number of hydrogen-bond donors (Lipinski definition) is 4. The zero-order valence-electron chi connectivity index (χ0n) is 13.9. The van der Waals surface area contributed by atoms with Gasteiger partial charge in [0.2, 0.25) is 5.91 Å². The third kappa shape index (κ3) is 3.41. The number of benzene rings is 1. The van der Waals surface area contributed by atoms with Gasteiger partial charge in [0.05, 0.1) is 24.1 Å². The van der Waals surface area contributed by atoms with Gasteiger partial charge in [0.15, 0.2) is 10.2 Å². The van der Waals surface area contributed by atoms with Crippen LogP contribution in [0.25, 0.3) is 0 Å². The standard InChI is InChI=1S/C17H17ClN4O3S2/c18-8-1-3-9(4-2-8)22-13-10(15(25)21-16-19-5-6-27-16)7-11(23)14(24)12(13)20-17(22)26/h1-6,10-14,23-24H,7H2,(H,20,26)(H,19,21,25)/t10-,11-,12-,13+,14+/m1/s1. The minimum absolute atomic E-state index is 0.119. The topological polar surface area (TPSA) is 97.7 Å². The zero-order chi connectivity index (χ0) is 19.1. The number of rotatable bonds is 3. The van der Waals surface area contributed by atoms with Crippen molar-refractivity contribution < 1.29 is 15.0 Å². The van der Waals surface area contributed by atoms with E-state index >= 15 is 0 Å². The quantitative estimate of drug-likeness (QED) is 0.556. The van der Waals surface area contributed by atoms with Gasteiger partial charge in [-0.3, -0.25) is 4.79 Å². The summed E-state index contributed by atoms with van der Waals surface area (Å²) in [7, 11) is 0. The molecule has 2 fully saturated rings. The van der Waals surface area contributed by atoms with Crippen LogP contribution in [0.2, 0.25) is 5.02 Å². The molecule has 1 aromatic carbocycles. The Bertz CT molecular complexity index is 848. The molecule has 2 aromatic rings. The fourth-order valence-corrected chi connectivity index (χ4v) is 4.75. The molecule has 1 saturated heterocycles. The predicted octanol–water partition coefficient (Wildman–Crippen LogP) is 1.61. The monoisotopic (exact) mass is 424 g/mol. The number of thiocarbonyl (C=S) groups is 1. The molecule has 1 aliphatic heterocycles. The van der Waals surface area contributed by atoms with Crippen LogP contribution in [0.3, 0.4) is 0 Å². The maximum absolute atomic E-state index is 12.9. The first-order chi connectivity index (χ1) is 13.0. The first-order valence-corrected chi connectivity index (χ1v) is 10.0. The van der Waals surface area contributed by atoms with Crippen LogP contribution >= 0.6 is 35.2 Å². The molecule has 0 bridgehead atoms. The third-order valence-electron chi connectivity index (χ3n) is 4.95. The number of carbonyl (C=O) groups is 1. The Morgan fingerprint density at radius 3 is 2.78 bits per heavy atom. The average molecular weight is 425 g/mol. The summed E-state index contributed by atoms with van der Waals surface area (Å²) in [6, 6.07) is 6.09. The summed E-state index contributed by atoms with van der Waals surface area (Å²) in [4.78, 5) is 18.8. The van der Waals surface area contributed by atoms with Crippen molar-refractivity contribution in [1.82, 2.24) is 10.3 Å². The lowest BCUT2D eigenvalue weighted by molar-refractivity contribution is -0.126. The zero-order valence-corrected chi connectivity index (χ0v) is 16.3. The highest BCUT2D eigenvalue weighted by atomic mass is 35.5. The summed E-state index contributed by atoms with van der Waals surface area (Å²) in [5.41, 5.74) is 0.764. The first kappa shape index (κ1) is 18.6. The molecule has 4 N–H and O–H groups in total. The van der Waals surface area contributed by atoms with E-state index in [-0.39, 0.29) is 12.3 Å². The van der Waals surface area contributed by atoms with Crippen molar-refractivity contribution in [3.8, 4) is 0 Å². The third-order valence-corrected chi connectivity index (χ3v) is 6.20. The molecule has 2 aliphatic rings. The summed E-state index contributed by atoms with van der Waals surface area (Å²) in [5, 5.41) is 29.9. The van der Waals surface area contributed by atoms with Gasteiger partial charge in [0.1, 0.15) is 6.10 Å². The Labute approximate surface area is 170 Å². The Morgan fingerprint density at radius 1 is 1.37 bits per heavy atom. The molecule has 1 amide bonds. The highest BCUT2D eigenvalue weighted by Gasteiger charge is 2.54. The Hall–Kier alpha value is -1.78. The van der Waals surface area contributed by atoms with Crippen LogP contribution in [0.4, 0.5) is 10.8 Å². The normalized spacial score (nSPS) is 30.0. The number of aliphatic hydroxyl groups is 2. The number of aromatic nitrogens is 1. The molecule has 4 rings (SSSR count). The number of fused-ring (bicyclic) bond motifs is 1. The van der Waals surface area contributed by atoms with Crippen molar-refractivity contribution in [2.75, 3.05) is 10.2 Å². The number of thiazole rings is 1. The fraction of sp³-hybridized carbons (Fsp3) is 0.353. The lowest BCUT2D eigenvalue weighted by Gasteiger charge is -2.41. The summed E-state index contributed by atoms with van der Waals surface area (Å²) in [6.45, 7) is 0. The molecule has 10 heteroatoms. The van der Waals surface area contributed by atoms with Gasteiger partial charge in [0.25, 0.3) is 0 Å². The van der Waals surface area contributed by atoms with E-state index < -0.39 is 30.2 Å². The SMILES string of the molecule is O=C(Nc1nccs1)[C@@H]1C[C@@H](O)[C@H](O)[C@@H]2NC(=S)N(c3ccc(Cl)cc3)[C@H]21. The second-order valence-electron chi connectivity index (χ2n) is 6.54. The average Bonchev–Trinajstić information content (AvgIpc) is 3.26. The number of halogens is 1. The molecule has 5 atom stereocenters. The van der Waals surface area contributed by atoms with E-state index in [4.69, 9.17) is 23.8 Å². The second-order valence-corrected chi connectivity index (χ2v) is 8.26. The van der Waals surface area contributed by atoms with E-state index in [9.17, 15) is 15.0 Å². The van der Waals surface area contributed by atoms with Crippen LogP contribution in [-0.2, 0) is 4.79 Å². The number of nitrogens with zero attached hydrogens (tertiary/aromatic N) is 2. The largest absolute Gasteiger partial charge is 0.390 e. The van der Waals surface area contributed by atoms with Crippen LogP contribution in [0.5, 0.6) is 0 Å². The van der Waals surface area contributed by atoms with Crippen molar-refractivity contribution in [3.63, 3.8) is 0 Å². The maximum Gasteiger partial charge on any atom is 0.231 e. The highest BCUT2D eigenvalue weighted by Crippen LogP contribution is 2.37. The van der Waals surface area contributed by atoms with Crippen molar-refractivity contribution >= 4 is 57.0 Å². The molecule has 0 radical (unpaired) electrons. The Balaban J connectivity index is 1.68. The van der Waals surface area contributed by atoms with Gasteiger partial charge < -0.3 is 25.7 Å². The van der Waals surface area contributed by atoms with Gasteiger partial charge in [-0.05, 0) is 42.9 Å². The van der Waals surface area contributed by atoms with E-state index in [0.717, 1.165) is 5.69 Å². The fourth-order valence-electron chi connectivity index (χ4n) is 3.73. The molecule has 7 nitrogen and oxygen atoms in total. The molecule has 1 saturated carbocycles. The smallest absolute Gasteiger partial charge is 0.231 e. The molecular formula is C17H17ClN4O3S2. The van der Waals surface area contributed by atoms with E-state index in [1.54, 1.807) is 23.7 Å². The van der Waals surface area contributed by atoms with Crippen LogP contribution < -0.4 is 15.5 Å². The van der Waals surface area contributed by atoms with Crippen LogP contribution in [-0.4, -0.2) is 50.5 Å². The van der Waals surface area contributed by atoms with Gasteiger partial charge in [-0.25, -0.2) is 4.98 Å². The highest BCUT2D eigenvalue weighted by molar-refractivity contribution is 7.80. The van der Waals surface area contributed by atoms with Crippen LogP contribution in [0.15, 0.2) is 35.8 Å². The van der Waals surface area contributed by atoms with Crippen LogP contribution in [0, 0.1) is 5.92 Å².